The lowest BCUT2D eigenvalue weighted by molar-refractivity contribution is -0.162. The number of carbonyl (C=O) groups excluding carboxylic acids is 1. The van der Waals surface area contributed by atoms with Crippen LogP contribution in [0.25, 0.3) is 0 Å². The predicted molar refractivity (Wildman–Crippen MR) is 90.2 cm³/mol. The second-order valence-corrected chi connectivity index (χ2v) is 7.31. The number of ether oxygens (including phenoxy) is 1. The second kappa shape index (κ2) is 5.20. The Balaban J connectivity index is 1.78. The van der Waals surface area contributed by atoms with E-state index in [0.29, 0.717) is 18.6 Å². The molecule has 1 aromatic carbocycles. The number of benzene rings is 1. The quantitative estimate of drug-likeness (QED) is 0.635. The van der Waals surface area contributed by atoms with E-state index in [-0.39, 0.29) is 23.3 Å². The van der Waals surface area contributed by atoms with Gasteiger partial charge in [-0.15, -0.1) is 6.58 Å². The van der Waals surface area contributed by atoms with Gasteiger partial charge in [-0.3, -0.25) is 9.69 Å². The van der Waals surface area contributed by atoms with Gasteiger partial charge >= 0.3 is 5.97 Å². The Morgan fingerprint density at radius 1 is 1.43 bits per heavy atom. The van der Waals surface area contributed by atoms with Crippen LogP contribution in [0, 0.1) is 11.8 Å². The summed E-state index contributed by atoms with van der Waals surface area (Å²) < 4.78 is 5.35. The van der Waals surface area contributed by atoms with Gasteiger partial charge in [0.2, 0.25) is 0 Å². The van der Waals surface area contributed by atoms with Gasteiger partial charge in [-0.2, -0.15) is 0 Å². The molecule has 5 unspecified atom stereocenters. The Labute approximate surface area is 138 Å². The molecule has 4 bridgehead atoms. The molecule has 2 heterocycles. The summed E-state index contributed by atoms with van der Waals surface area (Å²) in [5.74, 6) is 0.457. The zero-order valence-corrected chi connectivity index (χ0v) is 14.0. The maximum Gasteiger partial charge on any atom is 0.310 e. The molecule has 0 N–H and O–H groups in total. The van der Waals surface area contributed by atoms with Crippen LogP contribution in [-0.2, 0) is 21.4 Å². The first kappa shape index (κ1) is 14.9. The average Bonchev–Trinajstić information content (AvgIpc) is 2.58. The highest BCUT2D eigenvalue weighted by Crippen LogP contribution is 2.58. The molecule has 5 rings (SSSR count). The lowest BCUT2D eigenvalue weighted by atomic mass is 9.49. The Morgan fingerprint density at radius 3 is 2.96 bits per heavy atom. The number of allylic oxidation sites excluding steroid dienone is 1. The minimum absolute atomic E-state index is 0.0135. The molecule has 3 nitrogen and oxygen atoms in total. The summed E-state index contributed by atoms with van der Waals surface area (Å²) in [6, 6.07) is 9.57. The van der Waals surface area contributed by atoms with Crippen molar-refractivity contribution >= 4 is 5.97 Å². The highest BCUT2D eigenvalue weighted by molar-refractivity contribution is 5.74. The smallest absolute Gasteiger partial charge is 0.310 e. The van der Waals surface area contributed by atoms with Crippen molar-refractivity contribution in [1.29, 1.82) is 0 Å². The van der Waals surface area contributed by atoms with E-state index >= 15 is 0 Å². The molecule has 3 heteroatoms. The van der Waals surface area contributed by atoms with Crippen LogP contribution in [-0.4, -0.2) is 36.6 Å². The van der Waals surface area contributed by atoms with Crippen LogP contribution in [0.4, 0.5) is 0 Å². The lowest BCUT2D eigenvalue weighted by Crippen LogP contribution is -2.69. The van der Waals surface area contributed by atoms with E-state index in [0.717, 1.165) is 19.3 Å². The molecular weight excluding hydrogens is 286 g/mol. The SMILES string of the molecule is C=CC12CC3C(C(=O)OCC)CC1C(Cc1ccccc12)N3C. The first-order chi connectivity index (χ1) is 11.1. The normalized spacial score (nSPS) is 38.0. The molecule has 23 heavy (non-hydrogen) atoms. The van der Waals surface area contributed by atoms with Gasteiger partial charge in [0.25, 0.3) is 0 Å². The molecule has 0 spiro atoms. The third-order valence-electron chi connectivity index (χ3n) is 6.59. The van der Waals surface area contributed by atoms with E-state index in [1.807, 2.05) is 6.92 Å². The first-order valence-electron chi connectivity index (χ1n) is 8.73. The predicted octanol–water partition coefficient (Wildman–Crippen LogP) is 2.94. The number of piperidine rings is 2. The molecule has 2 saturated heterocycles. The number of nitrogens with zero attached hydrogens (tertiary/aromatic N) is 1. The average molecular weight is 311 g/mol. The van der Waals surface area contributed by atoms with Gasteiger partial charge in [-0.1, -0.05) is 30.3 Å². The van der Waals surface area contributed by atoms with Crippen LogP contribution in [0.15, 0.2) is 36.9 Å². The van der Waals surface area contributed by atoms with Gasteiger partial charge in [-0.05, 0) is 50.3 Å². The molecule has 0 aromatic heterocycles. The molecule has 4 aliphatic rings. The largest absolute Gasteiger partial charge is 0.466 e. The summed E-state index contributed by atoms with van der Waals surface area (Å²) in [7, 11) is 2.19. The van der Waals surface area contributed by atoms with Crippen molar-refractivity contribution in [3.05, 3.63) is 48.0 Å². The Hall–Kier alpha value is -1.61. The Kier molecular flexibility index (Phi) is 3.38. The van der Waals surface area contributed by atoms with Crippen molar-refractivity contribution in [2.24, 2.45) is 11.8 Å². The Bertz CT molecular complexity index is 655. The van der Waals surface area contributed by atoms with Gasteiger partial charge < -0.3 is 4.74 Å². The van der Waals surface area contributed by atoms with Crippen LogP contribution in [0.5, 0.6) is 0 Å². The molecule has 122 valence electrons. The summed E-state index contributed by atoms with van der Waals surface area (Å²) >= 11 is 0. The summed E-state index contributed by atoms with van der Waals surface area (Å²) in [4.78, 5) is 14.9. The minimum atomic E-state index is -0.0145. The number of fused-ring (bicyclic) bond motifs is 2. The van der Waals surface area contributed by atoms with E-state index in [9.17, 15) is 4.79 Å². The summed E-state index contributed by atoms with van der Waals surface area (Å²) in [5.41, 5.74) is 2.92. The third-order valence-corrected chi connectivity index (χ3v) is 6.59. The summed E-state index contributed by atoms with van der Waals surface area (Å²) in [6.45, 7) is 6.57. The molecule has 1 aromatic rings. The fourth-order valence-electron chi connectivity index (χ4n) is 5.56. The van der Waals surface area contributed by atoms with Crippen molar-refractivity contribution < 1.29 is 9.53 Å². The van der Waals surface area contributed by atoms with Crippen molar-refractivity contribution in [2.45, 2.75) is 43.7 Å². The third kappa shape index (κ3) is 1.89. The van der Waals surface area contributed by atoms with Gasteiger partial charge in [0, 0.05) is 17.5 Å². The molecule has 2 aliphatic carbocycles. The monoisotopic (exact) mass is 311 g/mol. The fraction of sp³-hybridized carbons (Fsp3) is 0.550. The molecule has 0 radical (unpaired) electrons. The standard InChI is InChI=1S/C20H25NO2/c1-4-20-12-18-14(19(22)23-5-2)11-16(20)17(21(18)3)10-13-8-6-7-9-15(13)20/h4,6-9,14,16-18H,1,5,10-12H2,2-3H3. The lowest BCUT2D eigenvalue weighted by Gasteiger charge is -2.63. The van der Waals surface area contributed by atoms with Gasteiger partial charge in [-0.25, -0.2) is 0 Å². The van der Waals surface area contributed by atoms with Crippen molar-refractivity contribution in [2.75, 3.05) is 13.7 Å². The van der Waals surface area contributed by atoms with E-state index in [4.69, 9.17) is 4.74 Å². The van der Waals surface area contributed by atoms with Crippen LogP contribution in [0.3, 0.4) is 0 Å². The molecule has 2 aliphatic heterocycles. The van der Waals surface area contributed by atoms with Crippen LogP contribution < -0.4 is 0 Å². The van der Waals surface area contributed by atoms with Crippen molar-refractivity contribution in [1.82, 2.24) is 4.90 Å². The molecular formula is C20H25NO2. The highest BCUT2D eigenvalue weighted by atomic mass is 16.5. The zero-order valence-electron chi connectivity index (χ0n) is 14.0. The Morgan fingerprint density at radius 2 is 2.22 bits per heavy atom. The summed E-state index contributed by atoms with van der Waals surface area (Å²) in [5, 5.41) is 0. The van der Waals surface area contributed by atoms with E-state index in [2.05, 4.69) is 48.9 Å². The van der Waals surface area contributed by atoms with E-state index < -0.39 is 0 Å². The molecule has 0 amide bonds. The van der Waals surface area contributed by atoms with E-state index in [1.165, 1.54) is 11.1 Å². The highest BCUT2D eigenvalue weighted by Gasteiger charge is 2.61. The topological polar surface area (TPSA) is 29.5 Å². The van der Waals surface area contributed by atoms with Gasteiger partial charge in [0.15, 0.2) is 0 Å². The maximum absolute atomic E-state index is 12.4. The van der Waals surface area contributed by atoms with Crippen molar-refractivity contribution in [3.63, 3.8) is 0 Å². The van der Waals surface area contributed by atoms with Gasteiger partial charge in [0.1, 0.15) is 0 Å². The number of likely N-dealkylation sites (N-methyl/N-ethyl adjacent to an activating group) is 1. The van der Waals surface area contributed by atoms with Crippen molar-refractivity contribution in [3.8, 4) is 0 Å². The maximum atomic E-state index is 12.4. The molecule has 3 fully saturated rings. The number of hydrogen-bond acceptors (Lipinski definition) is 3. The first-order valence-corrected chi connectivity index (χ1v) is 8.73. The van der Waals surface area contributed by atoms with Crippen LogP contribution >= 0.6 is 0 Å². The molecule has 1 saturated carbocycles. The van der Waals surface area contributed by atoms with E-state index in [1.54, 1.807) is 0 Å². The number of rotatable bonds is 3. The number of esters is 1. The van der Waals surface area contributed by atoms with Gasteiger partial charge in [0.05, 0.1) is 12.5 Å². The molecule has 5 atom stereocenters. The fourth-order valence-corrected chi connectivity index (χ4v) is 5.56. The summed E-state index contributed by atoms with van der Waals surface area (Å²) in [6.07, 6.45) is 5.16. The van der Waals surface area contributed by atoms with Crippen LogP contribution in [0.2, 0.25) is 0 Å². The zero-order chi connectivity index (χ0) is 16.2. The minimum Gasteiger partial charge on any atom is -0.466 e. The second-order valence-electron chi connectivity index (χ2n) is 7.31. The number of hydrogen-bond donors (Lipinski definition) is 0. The number of carbonyl (C=O) groups is 1. The van der Waals surface area contributed by atoms with Crippen LogP contribution in [0.1, 0.15) is 30.9 Å².